The first-order valence-electron chi connectivity index (χ1n) is 10.6. The number of carbonyl (C=O) groups excluding carboxylic acids is 2. The third-order valence-electron chi connectivity index (χ3n) is 5.39. The minimum Gasteiger partial charge on any atom is -0.497 e. The van der Waals surface area contributed by atoms with Gasteiger partial charge in [0, 0.05) is 24.9 Å². The minimum atomic E-state index is -0.517. The molecule has 6 nitrogen and oxygen atoms in total. The van der Waals surface area contributed by atoms with Crippen molar-refractivity contribution >= 4 is 12.0 Å². The van der Waals surface area contributed by atoms with E-state index in [0.29, 0.717) is 25.9 Å². The molecule has 0 saturated heterocycles. The van der Waals surface area contributed by atoms with E-state index in [-0.39, 0.29) is 11.3 Å². The molecule has 6 heteroatoms. The van der Waals surface area contributed by atoms with Crippen LogP contribution >= 0.6 is 0 Å². The lowest BCUT2D eigenvalue weighted by Gasteiger charge is -2.38. The average Bonchev–Trinajstić information content (AvgIpc) is 2.69. The molecule has 1 aromatic rings. The maximum absolute atomic E-state index is 12.4. The molecule has 0 atom stereocenters. The third-order valence-corrected chi connectivity index (χ3v) is 5.39. The second-order valence-corrected chi connectivity index (χ2v) is 8.88. The highest BCUT2D eigenvalue weighted by molar-refractivity contribution is 5.76. The summed E-state index contributed by atoms with van der Waals surface area (Å²) in [5.41, 5.74) is 0.747. The SMILES string of the molecule is COc1ccc(C2(CNC(=O)CCCNC(=O)OC(C)(C)C)CCCCC2)cc1. The van der Waals surface area contributed by atoms with Gasteiger partial charge in [0.15, 0.2) is 0 Å². The van der Waals surface area contributed by atoms with E-state index < -0.39 is 11.7 Å². The number of amides is 2. The maximum atomic E-state index is 12.4. The standard InChI is InChI=1S/C23H36N2O4/c1-22(2,3)29-21(27)24-16-8-9-20(26)25-17-23(14-6-5-7-15-23)18-10-12-19(28-4)13-11-18/h10-13H,5-9,14-17H2,1-4H3,(H,24,27)(H,25,26). The van der Waals surface area contributed by atoms with Crippen molar-refractivity contribution in [2.24, 2.45) is 0 Å². The Morgan fingerprint density at radius 1 is 1.03 bits per heavy atom. The molecule has 1 fully saturated rings. The Hall–Kier alpha value is -2.24. The highest BCUT2D eigenvalue weighted by Gasteiger charge is 2.34. The quantitative estimate of drug-likeness (QED) is 0.633. The fourth-order valence-corrected chi connectivity index (χ4v) is 3.85. The van der Waals surface area contributed by atoms with Gasteiger partial charge in [0.1, 0.15) is 11.4 Å². The van der Waals surface area contributed by atoms with Crippen molar-refractivity contribution in [1.29, 1.82) is 0 Å². The Bertz CT molecular complexity index is 658. The lowest BCUT2D eigenvalue weighted by Crippen LogP contribution is -2.42. The highest BCUT2D eigenvalue weighted by Crippen LogP contribution is 2.39. The molecule has 162 valence electrons. The molecule has 0 heterocycles. The van der Waals surface area contributed by atoms with Crippen molar-refractivity contribution < 1.29 is 19.1 Å². The molecule has 0 aromatic heterocycles. The predicted molar refractivity (Wildman–Crippen MR) is 114 cm³/mol. The van der Waals surface area contributed by atoms with Gasteiger partial charge in [0.2, 0.25) is 5.91 Å². The van der Waals surface area contributed by atoms with Crippen LogP contribution in [-0.2, 0) is 14.9 Å². The summed E-state index contributed by atoms with van der Waals surface area (Å²) in [6, 6.07) is 8.24. The van der Waals surface area contributed by atoms with Crippen molar-refractivity contribution in [1.82, 2.24) is 10.6 Å². The number of hydrogen-bond acceptors (Lipinski definition) is 4. The molecule has 29 heavy (non-hydrogen) atoms. The zero-order chi connectivity index (χ0) is 21.3. The fourth-order valence-electron chi connectivity index (χ4n) is 3.85. The van der Waals surface area contributed by atoms with Gasteiger partial charge in [-0.2, -0.15) is 0 Å². The Morgan fingerprint density at radius 2 is 1.69 bits per heavy atom. The Balaban J connectivity index is 1.81. The van der Waals surface area contributed by atoms with Crippen molar-refractivity contribution in [3.63, 3.8) is 0 Å². The van der Waals surface area contributed by atoms with E-state index in [1.165, 1.54) is 24.8 Å². The Kier molecular flexibility index (Phi) is 8.35. The molecule has 1 aromatic carbocycles. The van der Waals surface area contributed by atoms with Crippen molar-refractivity contribution in [3.05, 3.63) is 29.8 Å². The van der Waals surface area contributed by atoms with Gasteiger partial charge in [0.05, 0.1) is 7.11 Å². The Morgan fingerprint density at radius 3 is 2.28 bits per heavy atom. The fraction of sp³-hybridized carbons (Fsp3) is 0.652. The highest BCUT2D eigenvalue weighted by atomic mass is 16.6. The van der Waals surface area contributed by atoms with E-state index in [0.717, 1.165) is 18.6 Å². The van der Waals surface area contributed by atoms with Crippen LogP contribution in [0.2, 0.25) is 0 Å². The van der Waals surface area contributed by atoms with E-state index in [2.05, 4.69) is 22.8 Å². The topological polar surface area (TPSA) is 76.7 Å². The van der Waals surface area contributed by atoms with Gasteiger partial charge in [0.25, 0.3) is 0 Å². The van der Waals surface area contributed by atoms with Crippen LogP contribution in [-0.4, -0.2) is 37.8 Å². The van der Waals surface area contributed by atoms with Gasteiger partial charge >= 0.3 is 6.09 Å². The van der Waals surface area contributed by atoms with Crippen molar-refractivity contribution in [2.45, 2.75) is 76.7 Å². The number of methoxy groups -OCH3 is 1. The molecule has 0 unspecified atom stereocenters. The summed E-state index contributed by atoms with van der Waals surface area (Å²) in [7, 11) is 1.67. The first-order chi connectivity index (χ1) is 13.7. The summed E-state index contributed by atoms with van der Waals surface area (Å²) < 4.78 is 10.5. The summed E-state index contributed by atoms with van der Waals surface area (Å²) >= 11 is 0. The number of alkyl carbamates (subject to hydrolysis) is 1. The van der Waals surface area contributed by atoms with Crippen molar-refractivity contribution in [3.8, 4) is 5.75 Å². The Labute approximate surface area is 174 Å². The first kappa shape index (κ1) is 23.0. The number of rotatable bonds is 8. The first-order valence-corrected chi connectivity index (χ1v) is 10.6. The molecule has 0 aliphatic heterocycles. The van der Waals surface area contributed by atoms with Crippen LogP contribution in [0.1, 0.15) is 71.3 Å². The zero-order valence-corrected chi connectivity index (χ0v) is 18.3. The molecular weight excluding hydrogens is 368 g/mol. The van der Waals surface area contributed by atoms with Gasteiger partial charge in [-0.15, -0.1) is 0 Å². The van der Waals surface area contributed by atoms with Gasteiger partial charge < -0.3 is 20.1 Å². The van der Waals surface area contributed by atoms with Gasteiger partial charge in [-0.25, -0.2) is 4.79 Å². The van der Waals surface area contributed by atoms with Gasteiger partial charge in [-0.1, -0.05) is 31.4 Å². The van der Waals surface area contributed by atoms with Crippen LogP contribution in [0.5, 0.6) is 5.75 Å². The van der Waals surface area contributed by atoms with Crippen LogP contribution in [0.3, 0.4) is 0 Å². The number of benzene rings is 1. The predicted octanol–water partition coefficient (Wildman–Crippen LogP) is 4.32. The summed E-state index contributed by atoms with van der Waals surface area (Å²) in [6.07, 6.45) is 6.30. The van der Waals surface area contributed by atoms with Gasteiger partial charge in [-0.3, -0.25) is 4.79 Å². The van der Waals surface area contributed by atoms with E-state index in [4.69, 9.17) is 9.47 Å². The molecule has 2 N–H and O–H groups in total. The number of ether oxygens (including phenoxy) is 2. The van der Waals surface area contributed by atoms with Crippen LogP contribution in [0.4, 0.5) is 4.79 Å². The molecule has 0 radical (unpaired) electrons. The maximum Gasteiger partial charge on any atom is 0.407 e. The summed E-state index contributed by atoms with van der Waals surface area (Å²) in [6.45, 7) is 6.54. The van der Waals surface area contributed by atoms with Gasteiger partial charge in [-0.05, 0) is 57.7 Å². The van der Waals surface area contributed by atoms with Crippen LogP contribution in [0, 0.1) is 0 Å². The number of nitrogens with one attached hydrogen (secondary N) is 2. The second kappa shape index (κ2) is 10.5. The van der Waals surface area contributed by atoms with Crippen LogP contribution in [0.25, 0.3) is 0 Å². The van der Waals surface area contributed by atoms with Crippen LogP contribution in [0.15, 0.2) is 24.3 Å². The zero-order valence-electron chi connectivity index (χ0n) is 18.3. The lowest BCUT2D eigenvalue weighted by molar-refractivity contribution is -0.121. The van der Waals surface area contributed by atoms with E-state index in [1.807, 2.05) is 32.9 Å². The van der Waals surface area contributed by atoms with Crippen LogP contribution < -0.4 is 15.4 Å². The normalized spacial score (nSPS) is 16.0. The molecule has 1 saturated carbocycles. The second-order valence-electron chi connectivity index (χ2n) is 8.88. The van der Waals surface area contributed by atoms with E-state index in [1.54, 1.807) is 7.11 Å². The molecule has 2 rings (SSSR count). The minimum absolute atomic E-state index is 0.00501. The lowest BCUT2D eigenvalue weighted by atomic mass is 9.69. The van der Waals surface area contributed by atoms with E-state index >= 15 is 0 Å². The molecule has 0 spiro atoms. The average molecular weight is 405 g/mol. The summed E-state index contributed by atoms with van der Waals surface area (Å²) in [5, 5.41) is 5.82. The number of carbonyl (C=O) groups is 2. The largest absolute Gasteiger partial charge is 0.497 e. The molecule has 0 bridgehead atoms. The van der Waals surface area contributed by atoms with E-state index in [9.17, 15) is 9.59 Å². The third kappa shape index (κ3) is 7.59. The monoisotopic (exact) mass is 404 g/mol. The smallest absolute Gasteiger partial charge is 0.407 e. The summed E-state index contributed by atoms with van der Waals surface area (Å²) in [5.74, 6) is 0.871. The summed E-state index contributed by atoms with van der Waals surface area (Å²) in [4.78, 5) is 24.0. The molecule has 1 aliphatic rings. The number of hydrogen-bond donors (Lipinski definition) is 2. The molecule has 1 aliphatic carbocycles. The van der Waals surface area contributed by atoms with Crippen molar-refractivity contribution in [2.75, 3.05) is 20.2 Å². The molecular formula is C23H36N2O4. The molecule has 2 amide bonds.